The number of hydrogen-bond acceptors (Lipinski definition) is 2. The van der Waals surface area contributed by atoms with Crippen LogP contribution in [0.2, 0.25) is 0 Å². The van der Waals surface area contributed by atoms with E-state index >= 15 is 0 Å². The summed E-state index contributed by atoms with van der Waals surface area (Å²) in [6.07, 6.45) is 0.721. The van der Waals surface area contributed by atoms with Gasteiger partial charge in [-0.1, -0.05) is 6.92 Å². The minimum atomic E-state index is -1.29. The van der Waals surface area contributed by atoms with Gasteiger partial charge in [0.1, 0.15) is 11.9 Å². The van der Waals surface area contributed by atoms with Crippen molar-refractivity contribution >= 4 is 11.6 Å². The van der Waals surface area contributed by atoms with E-state index in [1.54, 1.807) is 0 Å². The summed E-state index contributed by atoms with van der Waals surface area (Å²) in [7, 11) is 0. The molecule has 1 amide bonds. The van der Waals surface area contributed by atoms with Crippen LogP contribution in [0.3, 0.4) is 0 Å². The monoisotopic (exact) mass is 244 g/mol. The molecule has 0 saturated heterocycles. The van der Waals surface area contributed by atoms with Crippen LogP contribution < -0.4 is 10.6 Å². The second kappa shape index (κ2) is 4.37. The highest BCUT2D eigenvalue weighted by atomic mass is 19.2. The van der Waals surface area contributed by atoms with E-state index in [9.17, 15) is 18.0 Å². The molecule has 0 spiro atoms. The van der Waals surface area contributed by atoms with Gasteiger partial charge in [-0.05, 0) is 13.0 Å². The van der Waals surface area contributed by atoms with E-state index in [2.05, 4.69) is 10.6 Å². The van der Waals surface area contributed by atoms with Crippen molar-refractivity contribution in [2.24, 2.45) is 0 Å². The summed E-state index contributed by atoms with van der Waals surface area (Å²) < 4.78 is 40.0. The highest BCUT2D eigenvalue weighted by Gasteiger charge is 2.36. The average molecular weight is 244 g/mol. The van der Waals surface area contributed by atoms with Crippen molar-refractivity contribution < 1.29 is 18.0 Å². The second-order valence-electron chi connectivity index (χ2n) is 3.82. The molecule has 0 bridgehead atoms. The van der Waals surface area contributed by atoms with Gasteiger partial charge in [0.05, 0.1) is 5.69 Å². The summed E-state index contributed by atoms with van der Waals surface area (Å²) in [6.45, 7) is 2.32. The maximum atomic E-state index is 13.6. The third-order valence-electron chi connectivity index (χ3n) is 2.61. The Kier molecular flexibility index (Phi) is 3.06. The number of benzene rings is 1. The molecule has 1 heterocycles. The molecule has 2 rings (SSSR count). The van der Waals surface area contributed by atoms with Crippen molar-refractivity contribution in [2.75, 3.05) is 11.9 Å². The number of carbonyl (C=O) groups is 1. The highest BCUT2D eigenvalue weighted by Crippen LogP contribution is 2.36. The summed E-state index contributed by atoms with van der Waals surface area (Å²) in [6, 6.07) is -0.605. The Hall–Kier alpha value is -1.56. The van der Waals surface area contributed by atoms with Gasteiger partial charge >= 0.3 is 0 Å². The molecular weight excluding hydrogens is 233 g/mol. The van der Waals surface area contributed by atoms with Gasteiger partial charge in [0, 0.05) is 11.6 Å². The van der Waals surface area contributed by atoms with Gasteiger partial charge in [-0.15, -0.1) is 0 Å². The molecule has 1 unspecified atom stereocenters. The Morgan fingerprint density at radius 3 is 2.71 bits per heavy atom. The second-order valence-corrected chi connectivity index (χ2v) is 3.82. The predicted molar refractivity (Wildman–Crippen MR) is 56.0 cm³/mol. The van der Waals surface area contributed by atoms with E-state index in [0.717, 1.165) is 6.42 Å². The molecular formula is C11H11F3N2O. The van der Waals surface area contributed by atoms with Gasteiger partial charge in [0.2, 0.25) is 5.91 Å². The molecule has 0 radical (unpaired) electrons. The molecule has 6 heteroatoms. The maximum Gasteiger partial charge on any atom is 0.246 e. The van der Waals surface area contributed by atoms with Crippen LogP contribution in [0.5, 0.6) is 0 Å². The summed E-state index contributed by atoms with van der Waals surface area (Å²) in [5.41, 5.74) is -0.552. The average Bonchev–Trinajstić information content (AvgIpc) is 2.61. The first kappa shape index (κ1) is 11.9. The lowest BCUT2D eigenvalue weighted by atomic mass is 10.1. The van der Waals surface area contributed by atoms with E-state index in [4.69, 9.17) is 0 Å². The summed E-state index contributed by atoms with van der Waals surface area (Å²) in [5, 5.41) is 4.96. The lowest BCUT2D eigenvalue weighted by molar-refractivity contribution is -0.117. The van der Waals surface area contributed by atoms with Gasteiger partial charge < -0.3 is 10.6 Å². The first-order chi connectivity index (χ1) is 8.06. The molecule has 1 aromatic rings. The van der Waals surface area contributed by atoms with Crippen molar-refractivity contribution in [3.8, 4) is 0 Å². The third kappa shape index (κ3) is 1.88. The molecule has 1 aliphatic heterocycles. The molecule has 0 aromatic heterocycles. The first-order valence-corrected chi connectivity index (χ1v) is 5.28. The number of rotatable bonds is 3. The Morgan fingerprint density at radius 2 is 2.06 bits per heavy atom. The fourth-order valence-electron chi connectivity index (χ4n) is 1.82. The number of carbonyl (C=O) groups excluding carboxylic acids is 1. The van der Waals surface area contributed by atoms with Crippen LogP contribution >= 0.6 is 0 Å². The van der Waals surface area contributed by atoms with E-state index in [0.29, 0.717) is 12.6 Å². The quantitative estimate of drug-likeness (QED) is 0.799. The van der Waals surface area contributed by atoms with E-state index in [1.165, 1.54) is 0 Å². The Balaban J connectivity index is 2.47. The predicted octanol–water partition coefficient (Wildman–Crippen LogP) is 2.10. The van der Waals surface area contributed by atoms with Crippen molar-refractivity contribution in [3.63, 3.8) is 0 Å². The molecule has 0 aliphatic carbocycles. The minimum Gasteiger partial charge on any atom is -0.322 e. The van der Waals surface area contributed by atoms with Crippen molar-refractivity contribution in [3.05, 3.63) is 29.1 Å². The molecule has 1 aromatic carbocycles. The lowest BCUT2D eigenvalue weighted by Gasteiger charge is -2.11. The number of halogens is 3. The van der Waals surface area contributed by atoms with Crippen molar-refractivity contribution in [1.82, 2.24) is 5.32 Å². The summed E-state index contributed by atoms with van der Waals surface area (Å²) >= 11 is 0. The van der Waals surface area contributed by atoms with Gasteiger partial charge in [-0.25, -0.2) is 13.2 Å². The molecule has 92 valence electrons. The van der Waals surface area contributed by atoms with Gasteiger partial charge in [0.25, 0.3) is 0 Å². The summed E-state index contributed by atoms with van der Waals surface area (Å²) in [4.78, 5) is 11.5. The zero-order chi connectivity index (χ0) is 12.6. The van der Waals surface area contributed by atoms with E-state index in [-0.39, 0.29) is 11.3 Å². The topological polar surface area (TPSA) is 41.1 Å². The van der Waals surface area contributed by atoms with Crippen LogP contribution in [-0.4, -0.2) is 12.5 Å². The number of amides is 1. The number of hydrogen-bond donors (Lipinski definition) is 2. The number of nitrogens with one attached hydrogen (secondary N) is 2. The van der Waals surface area contributed by atoms with E-state index < -0.39 is 29.4 Å². The third-order valence-corrected chi connectivity index (χ3v) is 2.61. The van der Waals surface area contributed by atoms with Crippen LogP contribution in [0.1, 0.15) is 24.9 Å². The minimum absolute atomic E-state index is 0.275. The summed E-state index contributed by atoms with van der Waals surface area (Å²) in [5.74, 6) is -4.01. The standard InChI is InChI=1S/C11H11F3N2O/c1-2-3-15-10-7-8(14)5(12)4-6(13)9(7)16-11(10)17/h4,10,15H,2-3H2,1H3,(H,16,17). The first-order valence-electron chi connectivity index (χ1n) is 5.28. The Morgan fingerprint density at radius 1 is 1.35 bits per heavy atom. The normalized spacial score (nSPS) is 18.1. The van der Waals surface area contributed by atoms with Gasteiger partial charge in [-0.3, -0.25) is 4.79 Å². The van der Waals surface area contributed by atoms with Crippen LogP contribution in [-0.2, 0) is 4.79 Å². The van der Waals surface area contributed by atoms with Crippen molar-refractivity contribution in [2.45, 2.75) is 19.4 Å². The molecule has 1 atom stereocenters. The molecule has 3 nitrogen and oxygen atoms in total. The molecule has 17 heavy (non-hydrogen) atoms. The zero-order valence-electron chi connectivity index (χ0n) is 9.11. The van der Waals surface area contributed by atoms with Crippen molar-refractivity contribution in [1.29, 1.82) is 0 Å². The van der Waals surface area contributed by atoms with Gasteiger partial charge in [-0.2, -0.15) is 0 Å². The molecule has 1 aliphatic rings. The van der Waals surface area contributed by atoms with Crippen LogP contribution in [0, 0.1) is 17.5 Å². The fourth-order valence-corrected chi connectivity index (χ4v) is 1.82. The highest BCUT2D eigenvalue weighted by molar-refractivity contribution is 6.02. The smallest absolute Gasteiger partial charge is 0.246 e. The molecule has 0 saturated carbocycles. The van der Waals surface area contributed by atoms with E-state index in [1.807, 2.05) is 6.92 Å². The van der Waals surface area contributed by atoms with Crippen LogP contribution in [0.15, 0.2) is 6.07 Å². The van der Waals surface area contributed by atoms with Crippen LogP contribution in [0.25, 0.3) is 0 Å². The Bertz CT molecular complexity index is 476. The fraction of sp³-hybridized carbons (Fsp3) is 0.364. The molecule has 0 fully saturated rings. The van der Waals surface area contributed by atoms with Crippen LogP contribution in [0.4, 0.5) is 18.9 Å². The zero-order valence-corrected chi connectivity index (χ0v) is 9.11. The number of anilines is 1. The largest absolute Gasteiger partial charge is 0.322 e. The SMILES string of the molecule is CCCNC1C(=O)Nc2c(F)cc(F)c(F)c21. The Labute approximate surface area is 96.0 Å². The van der Waals surface area contributed by atoms with Gasteiger partial charge in [0.15, 0.2) is 11.6 Å². The lowest BCUT2D eigenvalue weighted by Crippen LogP contribution is -2.28. The number of fused-ring (bicyclic) bond motifs is 1. The molecule has 2 N–H and O–H groups in total. The maximum absolute atomic E-state index is 13.6.